The zero-order valence-corrected chi connectivity index (χ0v) is 25.6. The molecular formula is C33H36FN7O4. The Kier molecular flexibility index (Phi) is 8.76. The largest absolute Gasteiger partial charge is 0.473 e. The standard InChI is InChI=1S/C33H36FN7O4/c1-4-39-21-35-17-27(39)32(42)31-26(36-29-11-10-23(18-41(29)31)33(43)44-3)19-38-12-14-40(15-13-38)28-6-5-7-30(37-28)45-20-24-9-8-22(2)16-25(24)34/h5-11,16-18,21,32,42H,4,12-15,19-20H2,1-3H3. The number of esters is 1. The second-order valence-electron chi connectivity index (χ2n) is 11.1. The topological polar surface area (TPSA) is 110 Å². The molecule has 1 aromatic carbocycles. The fourth-order valence-corrected chi connectivity index (χ4v) is 5.65. The van der Waals surface area contributed by atoms with E-state index in [9.17, 15) is 14.3 Å². The molecule has 0 radical (unpaired) electrons. The molecule has 1 fully saturated rings. The minimum atomic E-state index is -1.01. The maximum absolute atomic E-state index is 14.3. The summed E-state index contributed by atoms with van der Waals surface area (Å²) in [5.74, 6) is 0.482. The third-order valence-corrected chi connectivity index (χ3v) is 8.14. The molecule has 1 atom stereocenters. The van der Waals surface area contributed by atoms with E-state index in [4.69, 9.17) is 14.5 Å². The highest BCUT2D eigenvalue weighted by Crippen LogP contribution is 2.29. The number of anilines is 1. The lowest BCUT2D eigenvalue weighted by atomic mass is 10.1. The summed E-state index contributed by atoms with van der Waals surface area (Å²) in [5, 5.41) is 11.6. The van der Waals surface area contributed by atoms with Gasteiger partial charge in [-0.2, -0.15) is 4.98 Å². The van der Waals surface area contributed by atoms with Crippen LogP contribution in [0.4, 0.5) is 10.2 Å². The Balaban J connectivity index is 1.17. The average molecular weight is 614 g/mol. The molecule has 0 aliphatic carbocycles. The lowest BCUT2D eigenvalue weighted by Crippen LogP contribution is -2.46. The number of aliphatic hydroxyl groups is 1. The second-order valence-corrected chi connectivity index (χ2v) is 11.1. The highest BCUT2D eigenvalue weighted by molar-refractivity contribution is 5.89. The third kappa shape index (κ3) is 6.38. The number of benzene rings is 1. The number of fused-ring (bicyclic) bond motifs is 1. The van der Waals surface area contributed by atoms with Crippen molar-refractivity contribution in [3.05, 3.63) is 107 Å². The van der Waals surface area contributed by atoms with Crippen LogP contribution >= 0.6 is 0 Å². The molecule has 5 heterocycles. The van der Waals surface area contributed by atoms with Gasteiger partial charge in [-0.15, -0.1) is 0 Å². The number of nitrogens with zero attached hydrogens (tertiary/aromatic N) is 7. The molecule has 0 bridgehead atoms. The first kappa shape index (κ1) is 30.2. The monoisotopic (exact) mass is 613 g/mol. The van der Waals surface area contributed by atoms with Gasteiger partial charge in [0.1, 0.15) is 30.0 Å². The molecule has 4 aromatic heterocycles. The molecule has 0 saturated carbocycles. The van der Waals surface area contributed by atoms with Crippen molar-refractivity contribution in [2.24, 2.45) is 0 Å². The minimum absolute atomic E-state index is 0.101. The average Bonchev–Trinajstić information content (AvgIpc) is 3.68. The molecule has 0 amide bonds. The third-order valence-electron chi connectivity index (χ3n) is 8.14. The summed E-state index contributed by atoms with van der Waals surface area (Å²) >= 11 is 0. The Labute approximate surface area is 260 Å². The molecule has 12 heteroatoms. The first-order valence-electron chi connectivity index (χ1n) is 14.9. The number of carbonyl (C=O) groups excluding carboxylic acids is 1. The lowest BCUT2D eigenvalue weighted by Gasteiger charge is -2.35. The number of hydrogen-bond donors (Lipinski definition) is 1. The van der Waals surface area contributed by atoms with Crippen molar-refractivity contribution in [1.82, 2.24) is 28.8 Å². The van der Waals surface area contributed by atoms with Gasteiger partial charge in [-0.25, -0.2) is 19.2 Å². The van der Waals surface area contributed by atoms with Crippen LogP contribution in [-0.4, -0.2) is 73.2 Å². The van der Waals surface area contributed by atoms with Gasteiger partial charge >= 0.3 is 5.97 Å². The van der Waals surface area contributed by atoms with Crippen LogP contribution in [0.2, 0.25) is 0 Å². The van der Waals surface area contributed by atoms with Crippen molar-refractivity contribution in [3.8, 4) is 5.88 Å². The van der Waals surface area contributed by atoms with Crippen molar-refractivity contribution in [1.29, 1.82) is 0 Å². The van der Waals surface area contributed by atoms with Crippen LogP contribution in [0.5, 0.6) is 5.88 Å². The van der Waals surface area contributed by atoms with Crippen LogP contribution in [0, 0.1) is 12.7 Å². The fraction of sp³-hybridized carbons (Fsp3) is 0.333. The number of imidazole rings is 2. The van der Waals surface area contributed by atoms with E-state index in [0.29, 0.717) is 47.1 Å². The Morgan fingerprint density at radius 3 is 2.67 bits per heavy atom. The summed E-state index contributed by atoms with van der Waals surface area (Å²) in [6.07, 6.45) is 4.00. The van der Waals surface area contributed by atoms with E-state index < -0.39 is 12.1 Å². The Bertz CT molecular complexity index is 1810. The number of hydrogen-bond acceptors (Lipinski definition) is 9. The quantitative estimate of drug-likeness (QED) is 0.232. The van der Waals surface area contributed by atoms with Gasteiger partial charge in [-0.05, 0) is 43.7 Å². The molecule has 234 valence electrons. The van der Waals surface area contributed by atoms with Crippen LogP contribution in [-0.2, 0) is 24.4 Å². The molecule has 1 unspecified atom stereocenters. The molecule has 1 aliphatic heterocycles. The number of ether oxygens (including phenoxy) is 2. The summed E-state index contributed by atoms with van der Waals surface area (Å²) in [6, 6.07) is 14.1. The molecule has 0 spiro atoms. The number of pyridine rings is 2. The first-order chi connectivity index (χ1) is 21.8. The van der Waals surface area contributed by atoms with Crippen LogP contribution < -0.4 is 9.64 Å². The van der Waals surface area contributed by atoms with Gasteiger partial charge in [0.15, 0.2) is 0 Å². The summed E-state index contributed by atoms with van der Waals surface area (Å²) in [5.41, 5.74) is 4.29. The van der Waals surface area contributed by atoms with Crippen LogP contribution in [0.3, 0.4) is 0 Å². The number of piperazine rings is 1. The SMILES string of the molecule is CCn1cncc1C(O)c1c(CN2CCN(c3cccc(OCc4ccc(C)cc4F)n3)CC2)nc2ccc(C(=O)OC)cn12. The van der Waals surface area contributed by atoms with Gasteiger partial charge in [-0.1, -0.05) is 18.2 Å². The molecule has 1 aliphatic rings. The Morgan fingerprint density at radius 1 is 1.09 bits per heavy atom. The highest BCUT2D eigenvalue weighted by Gasteiger charge is 2.27. The first-order valence-corrected chi connectivity index (χ1v) is 14.9. The molecule has 1 N–H and O–H groups in total. The summed E-state index contributed by atoms with van der Waals surface area (Å²) < 4.78 is 28.7. The van der Waals surface area contributed by atoms with Crippen LogP contribution in [0.1, 0.15) is 51.6 Å². The number of carbonyl (C=O) groups is 1. The van der Waals surface area contributed by atoms with E-state index in [1.807, 2.05) is 36.6 Å². The Hall–Kier alpha value is -4.81. The molecule has 6 rings (SSSR count). The zero-order valence-electron chi connectivity index (χ0n) is 25.6. The van der Waals surface area contributed by atoms with Gasteiger partial charge < -0.3 is 24.0 Å². The predicted octanol–water partition coefficient (Wildman–Crippen LogP) is 4.16. The van der Waals surface area contributed by atoms with Crippen molar-refractivity contribution in [2.75, 3.05) is 38.2 Å². The predicted molar refractivity (Wildman–Crippen MR) is 166 cm³/mol. The highest BCUT2D eigenvalue weighted by atomic mass is 19.1. The normalized spacial score (nSPS) is 14.6. The van der Waals surface area contributed by atoms with E-state index in [0.717, 1.165) is 43.3 Å². The van der Waals surface area contributed by atoms with E-state index in [1.165, 1.54) is 13.2 Å². The zero-order chi connectivity index (χ0) is 31.5. The number of aliphatic hydroxyl groups excluding tert-OH is 1. The summed E-state index contributed by atoms with van der Waals surface area (Å²) in [6.45, 7) is 8.03. The maximum atomic E-state index is 14.3. The van der Waals surface area contributed by atoms with E-state index >= 15 is 0 Å². The van der Waals surface area contributed by atoms with Crippen molar-refractivity contribution in [3.63, 3.8) is 0 Å². The minimum Gasteiger partial charge on any atom is -0.473 e. The smallest absolute Gasteiger partial charge is 0.339 e. The molecule has 11 nitrogen and oxygen atoms in total. The summed E-state index contributed by atoms with van der Waals surface area (Å²) in [7, 11) is 1.34. The maximum Gasteiger partial charge on any atom is 0.339 e. The number of halogens is 1. The van der Waals surface area contributed by atoms with Crippen LogP contribution in [0.25, 0.3) is 5.65 Å². The molecular weight excluding hydrogens is 577 g/mol. The molecule has 5 aromatic rings. The van der Waals surface area contributed by atoms with Crippen molar-refractivity contribution >= 4 is 17.4 Å². The van der Waals surface area contributed by atoms with Gasteiger partial charge in [0.05, 0.1) is 42.3 Å². The number of rotatable bonds is 10. The van der Waals surface area contributed by atoms with E-state index in [1.54, 1.807) is 47.4 Å². The fourth-order valence-electron chi connectivity index (χ4n) is 5.65. The van der Waals surface area contributed by atoms with Crippen molar-refractivity contribution in [2.45, 2.75) is 39.6 Å². The number of methoxy groups -OCH3 is 1. The number of aryl methyl sites for hydroxylation is 2. The summed E-state index contributed by atoms with van der Waals surface area (Å²) in [4.78, 5) is 30.6. The van der Waals surface area contributed by atoms with Gasteiger partial charge in [0.2, 0.25) is 5.88 Å². The van der Waals surface area contributed by atoms with Gasteiger partial charge in [0, 0.05) is 57.1 Å². The molecule has 1 saturated heterocycles. The number of aromatic nitrogens is 5. The lowest BCUT2D eigenvalue weighted by molar-refractivity contribution is 0.0600. The van der Waals surface area contributed by atoms with Crippen LogP contribution in [0.15, 0.2) is 67.3 Å². The second kappa shape index (κ2) is 13.0. The van der Waals surface area contributed by atoms with E-state index in [-0.39, 0.29) is 12.4 Å². The van der Waals surface area contributed by atoms with Gasteiger partial charge in [-0.3, -0.25) is 9.30 Å². The van der Waals surface area contributed by atoms with E-state index in [2.05, 4.69) is 19.8 Å². The Morgan fingerprint density at radius 2 is 1.91 bits per heavy atom. The molecule has 45 heavy (non-hydrogen) atoms. The van der Waals surface area contributed by atoms with Crippen molar-refractivity contribution < 1.29 is 23.8 Å². The van der Waals surface area contributed by atoms with Gasteiger partial charge in [0.25, 0.3) is 0 Å².